The molecule has 2 aromatic rings. The lowest BCUT2D eigenvalue weighted by Crippen LogP contribution is -2.32. The van der Waals surface area contributed by atoms with Crippen molar-refractivity contribution in [3.63, 3.8) is 0 Å². The molecule has 1 saturated carbocycles. The average Bonchev–Trinajstić information content (AvgIpc) is 2.98. The molecule has 2 aliphatic rings. The summed E-state index contributed by atoms with van der Waals surface area (Å²) in [5.41, 5.74) is 1.37. The molecule has 5 nitrogen and oxygen atoms in total. The molecule has 1 aromatic heterocycles. The number of carbonyl (C=O) groups is 1. The third-order valence-corrected chi connectivity index (χ3v) is 5.88. The van der Waals surface area contributed by atoms with Gasteiger partial charge in [0.05, 0.1) is 0 Å². The molecule has 1 aliphatic carbocycles. The van der Waals surface area contributed by atoms with Crippen LogP contribution < -0.4 is 15.0 Å². The first kappa shape index (κ1) is 20.3. The zero-order valence-corrected chi connectivity index (χ0v) is 17.0. The van der Waals surface area contributed by atoms with Crippen molar-refractivity contribution >= 4 is 11.6 Å². The fourth-order valence-corrected chi connectivity index (χ4v) is 3.76. The number of halogens is 2. The third-order valence-electron chi connectivity index (χ3n) is 5.88. The largest absolute Gasteiger partial charge is 0.474 e. The van der Waals surface area contributed by atoms with E-state index < -0.39 is 17.0 Å². The van der Waals surface area contributed by atoms with Crippen molar-refractivity contribution in [3.8, 4) is 5.88 Å². The van der Waals surface area contributed by atoms with Crippen molar-refractivity contribution in [1.82, 2.24) is 10.3 Å². The number of ether oxygens (including phenoxy) is 1. The first-order valence-corrected chi connectivity index (χ1v) is 10.1. The highest BCUT2D eigenvalue weighted by atomic mass is 19.1. The van der Waals surface area contributed by atoms with Crippen LogP contribution in [0, 0.1) is 17.0 Å². The van der Waals surface area contributed by atoms with E-state index in [0.717, 1.165) is 24.5 Å². The molecule has 1 N–H and O–H groups in total. The topological polar surface area (TPSA) is 54.5 Å². The van der Waals surface area contributed by atoms with E-state index in [4.69, 9.17) is 4.74 Å². The standard InChI is InChI=1S/C23H25F2N3O2/c1-15(27-13-16-6-7-26-21(8-16)30-20-4-3-5-20)23(2)12-22(29)28(14-23)19-10-17(24)9-18(25)11-19/h6-11,20,27H,1,3-5,12-14H2,2H3. The molecule has 0 spiro atoms. The van der Waals surface area contributed by atoms with Gasteiger partial charge >= 0.3 is 0 Å². The Bertz CT molecular complexity index is 956. The van der Waals surface area contributed by atoms with Crippen molar-refractivity contribution in [2.75, 3.05) is 11.4 Å². The van der Waals surface area contributed by atoms with Crippen LogP contribution >= 0.6 is 0 Å². The monoisotopic (exact) mass is 413 g/mol. The first-order valence-electron chi connectivity index (χ1n) is 10.1. The van der Waals surface area contributed by atoms with Gasteiger partial charge in [-0.05, 0) is 43.0 Å². The quantitative estimate of drug-likeness (QED) is 0.734. The van der Waals surface area contributed by atoms with Crippen molar-refractivity contribution < 1.29 is 18.3 Å². The number of carbonyl (C=O) groups excluding carboxylic acids is 1. The number of aromatic nitrogens is 1. The summed E-state index contributed by atoms with van der Waals surface area (Å²) in [4.78, 5) is 18.2. The Kier molecular flexibility index (Phi) is 5.45. The maximum absolute atomic E-state index is 13.6. The van der Waals surface area contributed by atoms with Crippen LogP contribution in [0.15, 0.2) is 48.8 Å². The number of rotatable bonds is 7. The van der Waals surface area contributed by atoms with Gasteiger partial charge in [-0.25, -0.2) is 13.8 Å². The summed E-state index contributed by atoms with van der Waals surface area (Å²) in [5, 5.41) is 3.30. The number of nitrogens with one attached hydrogen (secondary N) is 1. The molecule has 2 fully saturated rings. The molecular weight excluding hydrogens is 388 g/mol. The van der Waals surface area contributed by atoms with Gasteiger partial charge in [-0.2, -0.15) is 0 Å². The van der Waals surface area contributed by atoms with Gasteiger partial charge < -0.3 is 15.0 Å². The van der Waals surface area contributed by atoms with Crippen molar-refractivity contribution in [2.24, 2.45) is 5.41 Å². The molecule has 1 aliphatic heterocycles. The van der Waals surface area contributed by atoms with Crippen LogP contribution in [-0.2, 0) is 11.3 Å². The van der Waals surface area contributed by atoms with Crippen LogP contribution in [0.5, 0.6) is 5.88 Å². The highest BCUT2D eigenvalue weighted by Gasteiger charge is 2.42. The van der Waals surface area contributed by atoms with E-state index in [2.05, 4.69) is 16.9 Å². The van der Waals surface area contributed by atoms with E-state index in [1.54, 1.807) is 6.20 Å². The normalized spacial score (nSPS) is 21.4. The predicted octanol–water partition coefficient (Wildman–Crippen LogP) is 4.34. The summed E-state index contributed by atoms with van der Waals surface area (Å²) in [6, 6.07) is 6.94. The molecule has 1 unspecified atom stereocenters. The fraction of sp³-hybridized carbons (Fsp3) is 0.391. The zero-order valence-electron chi connectivity index (χ0n) is 17.0. The van der Waals surface area contributed by atoms with Crippen LogP contribution in [0.1, 0.15) is 38.2 Å². The van der Waals surface area contributed by atoms with Gasteiger partial charge in [0.15, 0.2) is 0 Å². The van der Waals surface area contributed by atoms with Crippen molar-refractivity contribution in [1.29, 1.82) is 0 Å². The Morgan fingerprint density at radius 2 is 2.03 bits per heavy atom. The maximum Gasteiger partial charge on any atom is 0.228 e. The number of benzene rings is 1. The molecule has 30 heavy (non-hydrogen) atoms. The molecule has 0 radical (unpaired) electrons. The SMILES string of the molecule is C=C(NCc1ccnc(OC2CCC2)c1)C1(C)CC(=O)N(c2cc(F)cc(F)c2)C1. The summed E-state index contributed by atoms with van der Waals surface area (Å²) >= 11 is 0. The average molecular weight is 413 g/mol. The summed E-state index contributed by atoms with van der Waals surface area (Å²) in [7, 11) is 0. The second-order valence-corrected chi connectivity index (χ2v) is 8.35. The number of anilines is 1. The Morgan fingerprint density at radius 3 is 2.70 bits per heavy atom. The Morgan fingerprint density at radius 1 is 1.30 bits per heavy atom. The Hall–Kier alpha value is -2.96. The molecular formula is C23H25F2N3O2. The molecule has 1 saturated heterocycles. The van der Waals surface area contributed by atoms with Crippen LogP contribution in [0.3, 0.4) is 0 Å². The highest BCUT2D eigenvalue weighted by Crippen LogP contribution is 2.39. The van der Waals surface area contributed by atoms with Gasteiger partial charge in [-0.15, -0.1) is 0 Å². The lowest BCUT2D eigenvalue weighted by Gasteiger charge is -2.28. The summed E-state index contributed by atoms with van der Waals surface area (Å²) < 4.78 is 33.0. The molecule has 1 aromatic carbocycles. The maximum atomic E-state index is 13.6. The molecule has 0 bridgehead atoms. The van der Waals surface area contributed by atoms with Gasteiger partial charge in [0.25, 0.3) is 0 Å². The minimum absolute atomic E-state index is 0.189. The van der Waals surface area contributed by atoms with Crippen LogP contribution in [-0.4, -0.2) is 23.5 Å². The predicted molar refractivity (Wildman–Crippen MR) is 110 cm³/mol. The summed E-state index contributed by atoms with van der Waals surface area (Å²) in [6.07, 6.45) is 5.52. The minimum atomic E-state index is -0.707. The summed E-state index contributed by atoms with van der Waals surface area (Å²) in [5.74, 6) is -0.987. The van der Waals surface area contributed by atoms with Gasteiger partial charge in [-0.1, -0.05) is 13.5 Å². The molecule has 158 valence electrons. The first-order chi connectivity index (χ1) is 14.3. The van der Waals surface area contributed by atoms with E-state index in [0.29, 0.717) is 24.7 Å². The molecule has 1 amide bonds. The number of amides is 1. The number of pyridine rings is 1. The highest BCUT2D eigenvalue weighted by molar-refractivity contribution is 5.96. The van der Waals surface area contributed by atoms with Gasteiger partial charge in [0, 0.05) is 54.6 Å². The molecule has 2 heterocycles. The van der Waals surface area contributed by atoms with E-state index in [1.165, 1.54) is 23.5 Å². The Labute approximate surface area is 174 Å². The van der Waals surface area contributed by atoms with Crippen LogP contribution in [0.2, 0.25) is 0 Å². The van der Waals surface area contributed by atoms with Gasteiger partial charge in [-0.3, -0.25) is 4.79 Å². The van der Waals surface area contributed by atoms with E-state index in [-0.39, 0.29) is 24.1 Å². The molecule has 7 heteroatoms. The smallest absolute Gasteiger partial charge is 0.228 e. The lowest BCUT2D eigenvalue weighted by molar-refractivity contribution is -0.117. The number of nitrogens with zero attached hydrogens (tertiary/aromatic N) is 2. The minimum Gasteiger partial charge on any atom is -0.474 e. The Balaban J connectivity index is 1.39. The second kappa shape index (κ2) is 8.05. The molecule has 4 rings (SSSR count). The van der Waals surface area contributed by atoms with Gasteiger partial charge in [0.1, 0.15) is 17.7 Å². The third kappa shape index (κ3) is 4.30. The van der Waals surface area contributed by atoms with Crippen molar-refractivity contribution in [3.05, 3.63) is 66.0 Å². The zero-order chi connectivity index (χ0) is 21.3. The van der Waals surface area contributed by atoms with Crippen LogP contribution in [0.4, 0.5) is 14.5 Å². The van der Waals surface area contributed by atoms with E-state index in [1.807, 2.05) is 19.1 Å². The number of hydrogen-bond donors (Lipinski definition) is 1. The van der Waals surface area contributed by atoms with Gasteiger partial charge in [0.2, 0.25) is 11.8 Å². The number of hydrogen-bond acceptors (Lipinski definition) is 4. The second-order valence-electron chi connectivity index (χ2n) is 8.35. The lowest BCUT2D eigenvalue weighted by atomic mass is 9.86. The molecule has 1 atom stereocenters. The van der Waals surface area contributed by atoms with Crippen molar-refractivity contribution in [2.45, 2.75) is 45.3 Å². The van der Waals surface area contributed by atoms with E-state index >= 15 is 0 Å². The van der Waals surface area contributed by atoms with Crippen LogP contribution in [0.25, 0.3) is 0 Å². The van der Waals surface area contributed by atoms with E-state index in [9.17, 15) is 13.6 Å². The fourth-order valence-electron chi connectivity index (χ4n) is 3.76. The summed E-state index contributed by atoms with van der Waals surface area (Å²) in [6.45, 7) is 6.87.